The van der Waals surface area contributed by atoms with Crippen LogP contribution in [0.5, 0.6) is 0 Å². The van der Waals surface area contributed by atoms with Gasteiger partial charge < -0.3 is 15.1 Å². The summed E-state index contributed by atoms with van der Waals surface area (Å²) in [5, 5.41) is 3.00. The normalized spacial score (nSPS) is 10.8. The number of unbranched alkanes of at least 4 members (excludes halogenated alkanes) is 1. The molecule has 5 heteroatoms. The Kier molecular flexibility index (Phi) is 10.6. The van der Waals surface area contributed by atoms with E-state index in [0.717, 1.165) is 55.6 Å². The van der Waals surface area contributed by atoms with Crippen LogP contribution in [0, 0.1) is 5.92 Å². The second-order valence-corrected chi connectivity index (χ2v) is 7.66. The lowest BCUT2D eigenvalue weighted by atomic mass is 10.0. The first kappa shape index (κ1) is 24.0. The summed E-state index contributed by atoms with van der Waals surface area (Å²) in [6, 6.07) is 5.98. The number of hydrogen-bond donors (Lipinski definition) is 1. The molecular weight excluding hydrogens is 350 g/mol. The molecule has 1 aromatic carbocycles. The SMILES string of the molecule is CCCCC(=O)Nc1ccc(N(C)C)c(CN(CCC)C(=O)C(CC)CC)c1. The average molecular weight is 390 g/mol. The van der Waals surface area contributed by atoms with Gasteiger partial charge in [0.2, 0.25) is 11.8 Å². The Hall–Kier alpha value is -2.04. The summed E-state index contributed by atoms with van der Waals surface area (Å²) < 4.78 is 0. The Bertz CT molecular complexity index is 624. The first-order valence-corrected chi connectivity index (χ1v) is 10.8. The number of carbonyl (C=O) groups is 2. The van der Waals surface area contributed by atoms with Crippen molar-refractivity contribution in [1.82, 2.24) is 4.90 Å². The number of anilines is 2. The van der Waals surface area contributed by atoms with E-state index in [4.69, 9.17) is 0 Å². The van der Waals surface area contributed by atoms with Gasteiger partial charge in [-0.1, -0.05) is 34.1 Å². The number of nitrogens with zero attached hydrogens (tertiary/aromatic N) is 2. The third-order valence-corrected chi connectivity index (χ3v) is 5.10. The van der Waals surface area contributed by atoms with E-state index in [1.165, 1.54) is 0 Å². The van der Waals surface area contributed by atoms with Crippen LogP contribution in [0.25, 0.3) is 0 Å². The Morgan fingerprint density at radius 1 is 1.04 bits per heavy atom. The summed E-state index contributed by atoms with van der Waals surface area (Å²) in [5.41, 5.74) is 2.93. The highest BCUT2D eigenvalue weighted by Gasteiger charge is 2.22. The highest BCUT2D eigenvalue weighted by Crippen LogP contribution is 2.26. The molecule has 0 aliphatic rings. The molecule has 5 nitrogen and oxygen atoms in total. The Morgan fingerprint density at radius 2 is 1.71 bits per heavy atom. The molecule has 0 saturated heterocycles. The summed E-state index contributed by atoms with van der Waals surface area (Å²) >= 11 is 0. The first-order valence-electron chi connectivity index (χ1n) is 10.8. The van der Waals surface area contributed by atoms with Crippen LogP contribution in [0.4, 0.5) is 11.4 Å². The van der Waals surface area contributed by atoms with E-state index >= 15 is 0 Å². The second-order valence-electron chi connectivity index (χ2n) is 7.66. The van der Waals surface area contributed by atoms with Crippen molar-refractivity contribution in [3.8, 4) is 0 Å². The average Bonchev–Trinajstić information content (AvgIpc) is 2.66. The summed E-state index contributed by atoms with van der Waals surface area (Å²) in [6.07, 6.45) is 5.09. The van der Waals surface area contributed by atoms with Crippen LogP contribution in [0.2, 0.25) is 0 Å². The number of benzene rings is 1. The first-order chi connectivity index (χ1) is 13.4. The van der Waals surface area contributed by atoms with Gasteiger partial charge in [-0.3, -0.25) is 9.59 Å². The van der Waals surface area contributed by atoms with E-state index in [9.17, 15) is 9.59 Å². The van der Waals surface area contributed by atoms with E-state index < -0.39 is 0 Å². The third kappa shape index (κ3) is 7.17. The Labute approximate surface area is 171 Å². The molecule has 0 unspecified atom stereocenters. The van der Waals surface area contributed by atoms with Crippen molar-refractivity contribution in [3.63, 3.8) is 0 Å². The Morgan fingerprint density at radius 3 is 2.25 bits per heavy atom. The molecule has 2 amide bonds. The van der Waals surface area contributed by atoms with Crippen LogP contribution in [0.1, 0.15) is 71.8 Å². The van der Waals surface area contributed by atoms with Crippen molar-refractivity contribution in [3.05, 3.63) is 23.8 Å². The minimum absolute atomic E-state index is 0.0453. The van der Waals surface area contributed by atoms with Gasteiger partial charge in [-0.15, -0.1) is 0 Å². The number of hydrogen-bond acceptors (Lipinski definition) is 3. The summed E-state index contributed by atoms with van der Waals surface area (Å²) in [7, 11) is 4.01. The topological polar surface area (TPSA) is 52.7 Å². The monoisotopic (exact) mass is 389 g/mol. The van der Waals surface area contributed by atoms with Gasteiger partial charge in [0.25, 0.3) is 0 Å². The molecule has 0 aliphatic carbocycles. The van der Waals surface area contributed by atoms with E-state index in [-0.39, 0.29) is 17.7 Å². The van der Waals surface area contributed by atoms with Gasteiger partial charge in [-0.05, 0) is 49.4 Å². The van der Waals surface area contributed by atoms with E-state index in [2.05, 4.69) is 37.9 Å². The summed E-state index contributed by atoms with van der Waals surface area (Å²) in [5.74, 6) is 0.351. The van der Waals surface area contributed by atoms with Gasteiger partial charge in [-0.2, -0.15) is 0 Å². The van der Waals surface area contributed by atoms with Crippen molar-refractivity contribution < 1.29 is 9.59 Å². The summed E-state index contributed by atoms with van der Waals surface area (Å²) in [6.45, 7) is 9.65. The molecule has 1 rings (SSSR count). The number of rotatable bonds is 12. The van der Waals surface area contributed by atoms with Gasteiger partial charge in [0, 0.05) is 50.9 Å². The lowest BCUT2D eigenvalue weighted by Crippen LogP contribution is -2.36. The van der Waals surface area contributed by atoms with Crippen LogP contribution in [0.3, 0.4) is 0 Å². The van der Waals surface area contributed by atoms with Crippen molar-refractivity contribution in [1.29, 1.82) is 0 Å². The highest BCUT2D eigenvalue weighted by atomic mass is 16.2. The van der Waals surface area contributed by atoms with Crippen LogP contribution >= 0.6 is 0 Å². The molecule has 1 aromatic rings. The smallest absolute Gasteiger partial charge is 0.225 e. The maximum atomic E-state index is 13.0. The molecule has 0 aromatic heterocycles. The predicted octanol–water partition coefficient (Wildman–Crippen LogP) is 5.06. The molecule has 0 spiro atoms. The molecule has 28 heavy (non-hydrogen) atoms. The van der Waals surface area contributed by atoms with Gasteiger partial charge in [0.1, 0.15) is 0 Å². The molecule has 0 heterocycles. The van der Waals surface area contributed by atoms with E-state index in [1.807, 2.05) is 37.2 Å². The van der Waals surface area contributed by atoms with Gasteiger partial charge in [0.05, 0.1) is 0 Å². The predicted molar refractivity (Wildman–Crippen MR) is 119 cm³/mol. The van der Waals surface area contributed by atoms with Gasteiger partial charge in [-0.25, -0.2) is 0 Å². The molecule has 0 atom stereocenters. The third-order valence-electron chi connectivity index (χ3n) is 5.10. The number of nitrogens with one attached hydrogen (secondary N) is 1. The number of carbonyl (C=O) groups excluding carboxylic acids is 2. The molecule has 0 bridgehead atoms. The van der Waals surface area contributed by atoms with Crippen molar-refractivity contribution in [2.45, 2.75) is 72.8 Å². The fourth-order valence-corrected chi connectivity index (χ4v) is 3.43. The fraction of sp³-hybridized carbons (Fsp3) is 0.652. The van der Waals surface area contributed by atoms with Gasteiger partial charge >= 0.3 is 0 Å². The molecule has 0 fully saturated rings. The lowest BCUT2D eigenvalue weighted by molar-refractivity contribution is -0.136. The maximum Gasteiger partial charge on any atom is 0.225 e. The second kappa shape index (κ2) is 12.4. The molecule has 1 N–H and O–H groups in total. The fourth-order valence-electron chi connectivity index (χ4n) is 3.43. The minimum Gasteiger partial charge on any atom is -0.377 e. The van der Waals surface area contributed by atoms with Crippen molar-refractivity contribution in [2.24, 2.45) is 5.92 Å². The molecular formula is C23H39N3O2. The van der Waals surface area contributed by atoms with Crippen LogP contribution < -0.4 is 10.2 Å². The summed E-state index contributed by atoms with van der Waals surface area (Å²) in [4.78, 5) is 29.2. The van der Waals surface area contributed by atoms with E-state index in [1.54, 1.807) is 0 Å². The zero-order chi connectivity index (χ0) is 21.1. The van der Waals surface area contributed by atoms with Gasteiger partial charge in [0.15, 0.2) is 0 Å². The molecule has 158 valence electrons. The van der Waals surface area contributed by atoms with Crippen LogP contribution in [0.15, 0.2) is 18.2 Å². The van der Waals surface area contributed by atoms with Crippen LogP contribution in [-0.2, 0) is 16.1 Å². The Balaban J connectivity index is 3.10. The van der Waals surface area contributed by atoms with Crippen molar-refractivity contribution >= 4 is 23.2 Å². The lowest BCUT2D eigenvalue weighted by Gasteiger charge is -2.28. The minimum atomic E-state index is 0.0453. The standard InChI is InChI=1S/C23H39N3O2/c1-7-11-12-22(27)24-20-13-14-21(25(5)6)19(16-20)17-26(15-8-2)23(28)18(9-3)10-4/h13-14,16,18H,7-12,15,17H2,1-6H3,(H,24,27). The zero-order valence-corrected chi connectivity index (χ0v) is 18.7. The molecule has 0 radical (unpaired) electrons. The number of amides is 2. The zero-order valence-electron chi connectivity index (χ0n) is 18.7. The quantitative estimate of drug-likeness (QED) is 0.544. The largest absolute Gasteiger partial charge is 0.377 e. The van der Waals surface area contributed by atoms with E-state index in [0.29, 0.717) is 13.0 Å². The molecule has 0 aliphatic heterocycles. The highest BCUT2D eigenvalue weighted by molar-refractivity contribution is 5.91. The van der Waals surface area contributed by atoms with Crippen LogP contribution in [-0.4, -0.2) is 37.4 Å². The van der Waals surface area contributed by atoms with Crippen molar-refractivity contribution in [2.75, 3.05) is 30.9 Å². The maximum absolute atomic E-state index is 13.0. The molecule has 0 saturated carbocycles.